The molecule has 0 heterocycles. The molecular formula is C16H18BrNS. The maximum absolute atomic E-state index is 3.53. The standard InChI is InChI=1S/C16H18BrNS/c1-12-4-3-5-13(8-12)11-19-16-7-6-15(17)9-14(16)10-18-2/h3-9,18H,10-11H2,1-2H3. The topological polar surface area (TPSA) is 12.0 Å². The molecule has 1 N–H and O–H groups in total. The number of hydrogen-bond donors (Lipinski definition) is 1. The minimum atomic E-state index is 0.898. The lowest BCUT2D eigenvalue weighted by Gasteiger charge is -2.10. The summed E-state index contributed by atoms with van der Waals surface area (Å²) in [5, 5.41) is 3.22. The van der Waals surface area contributed by atoms with E-state index in [-0.39, 0.29) is 0 Å². The summed E-state index contributed by atoms with van der Waals surface area (Å²) in [5.74, 6) is 1.01. The van der Waals surface area contributed by atoms with Crippen LogP contribution in [-0.4, -0.2) is 7.05 Å². The quantitative estimate of drug-likeness (QED) is 0.790. The fourth-order valence-corrected chi connectivity index (χ4v) is 3.37. The Morgan fingerprint density at radius 2 is 2.00 bits per heavy atom. The zero-order valence-corrected chi connectivity index (χ0v) is 13.6. The second-order valence-electron chi connectivity index (χ2n) is 4.56. The Hall–Kier alpha value is -0.770. The van der Waals surface area contributed by atoms with Crippen molar-refractivity contribution in [1.29, 1.82) is 0 Å². The summed E-state index contributed by atoms with van der Waals surface area (Å²) in [6.45, 7) is 3.04. The van der Waals surface area contributed by atoms with E-state index in [1.165, 1.54) is 21.6 Å². The smallest absolute Gasteiger partial charge is 0.0232 e. The molecule has 0 spiro atoms. The molecule has 2 aromatic rings. The van der Waals surface area contributed by atoms with E-state index in [1.807, 2.05) is 18.8 Å². The summed E-state index contributed by atoms with van der Waals surface area (Å²) < 4.78 is 1.14. The van der Waals surface area contributed by atoms with Gasteiger partial charge < -0.3 is 5.32 Å². The van der Waals surface area contributed by atoms with E-state index in [9.17, 15) is 0 Å². The normalized spacial score (nSPS) is 10.7. The number of hydrogen-bond acceptors (Lipinski definition) is 2. The van der Waals surface area contributed by atoms with Gasteiger partial charge in [-0.1, -0.05) is 45.8 Å². The van der Waals surface area contributed by atoms with Crippen LogP contribution in [0.15, 0.2) is 51.8 Å². The second-order valence-corrected chi connectivity index (χ2v) is 6.49. The van der Waals surface area contributed by atoms with Crippen LogP contribution in [0.4, 0.5) is 0 Å². The van der Waals surface area contributed by atoms with Crippen LogP contribution in [0.2, 0.25) is 0 Å². The molecule has 0 aliphatic heterocycles. The van der Waals surface area contributed by atoms with Gasteiger partial charge in [0.1, 0.15) is 0 Å². The molecule has 0 amide bonds. The van der Waals surface area contributed by atoms with Crippen LogP contribution in [0.3, 0.4) is 0 Å². The summed E-state index contributed by atoms with van der Waals surface area (Å²) in [7, 11) is 1.98. The highest BCUT2D eigenvalue weighted by molar-refractivity contribution is 9.10. The van der Waals surface area contributed by atoms with Gasteiger partial charge in [0.15, 0.2) is 0 Å². The maximum Gasteiger partial charge on any atom is 0.0232 e. The molecule has 1 nitrogen and oxygen atoms in total. The SMILES string of the molecule is CNCc1cc(Br)ccc1SCc1cccc(C)c1. The van der Waals surface area contributed by atoms with Gasteiger partial charge in [0, 0.05) is 21.7 Å². The van der Waals surface area contributed by atoms with E-state index in [4.69, 9.17) is 0 Å². The monoisotopic (exact) mass is 335 g/mol. The third-order valence-electron chi connectivity index (χ3n) is 2.87. The Bertz CT molecular complexity index is 554. The van der Waals surface area contributed by atoms with Crippen LogP contribution >= 0.6 is 27.7 Å². The average molecular weight is 336 g/mol. The van der Waals surface area contributed by atoms with Crippen LogP contribution in [0.1, 0.15) is 16.7 Å². The fraction of sp³-hybridized carbons (Fsp3) is 0.250. The molecular weight excluding hydrogens is 318 g/mol. The van der Waals surface area contributed by atoms with Gasteiger partial charge in [-0.25, -0.2) is 0 Å². The number of rotatable bonds is 5. The van der Waals surface area contributed by atoms with Crippen LogP contribution in [0.25, 0.3) is 0 Å². The molecule has 2 aromatic carbocycles. The van der Waals surface area contributed by atoms with Crippen molar-refractivity contribution in [1.82, 2.24) is 5.32 Å². The first-order valence-corrected chi connectivity index (χ1v) is 8.08. The van der Waals surface area contributed by atoms with Crippen molar-refractivity contribution >= 4 is 27.7 Å². The third-order valence-corrected chi connectivity index (χ3v) is 4.55. The minimum Gasteiger partial charge on any atom is -0.316 e. The van der Waals surface area contributed by atoms with Crippen molar-refractivity contribution in [2.24, 2.45) is 0 Å². The van der Waals surface area contributed by atoms with Crippen molar-refractivity contribution in [3.05, 3.63) is 63.6 Å². The number of nitrogens with one attached hydrogen (secondary N) is 1. The van der Waals surface area contributed by atoms with Gasteiger partial charge in [0.2, 0.25) is 0 Å². The molecule has 0 aliphatic carbocycles. The highest BCUT2D eigenvalue weighted by Gasteiger charge is 2.04. The molecule has 3 heteroatoms. The van der Waals surface area contributed by atoms with E-state index in [0.717, 1.165) is 16.8 Å². The van der Waals surface area contributed by atoms with E-state index in [1.54, 1.807) is 0 Å². The van der Waals surface area contributed by atoms with Crippen molar-refractivity contribution < 1.29 is 0 Å². The Balaban J connectivity index is 2.10. The minimum absolute atomic E-state index is 0.898. The van der Waals surface area contributed by atoms with Gasteiger partial charge >= 0.3 is 0 Å². The maximum atomic E-state index is 3.53. The lowest BCUT2D eigenvalue weighted by atomic mass is 10.2. The molecule has 0 bridgehead atoms. The van der Waals surface area contributed by atoms with Gasteiger partial charge in [-0.15, -0.1) is 11.8 Å². The predicted octanol–water partition coefficient (Wildman–Crippen LogP) is 4.77. The highest BCUT2D eigenvalue weighted by atomic mass is 79.9. The van der Waals surface area contributed by atoms with Crippen molar-refractivity contribution in [3.63, 3.8) is 0 Å². The largest absolute Gasteiger partial charge is 0.316 e. The number of aryl methyl sites for hydroxylation is 1. The van der Waals surface area contributed by atoms with E-state index >= 15 is 0 Å². The zero-order valence-electron chi connectivity index (χ0n) is 11.2. The first kappa shape index (κ1) is 14.6. The number of benzene rings is 2. The Kier molecular flexibility index (Phi) is 5.49. The molecule has 0 aromatic heterocycles. The van der Waals surface area contributed by atoms with Gasteiger partial charge in [0.25, 0.3) is 0 Å². The summed E-state index contributed by atoms with van der Waals surface area (Å²) in [6.07, 6.45) is 0. The van der Waals surface area contributed by atoms with Crippen molar-refractivity contribution in [2.75, 3.05) is 7.05 Å². The summed E-state index contributed by atoms with van der Waals surface area (Å²) in [5.41, 5.74) is 4.04. The summed E-state index contributed by atoms with van der Waals surface area (Å²) in [6, 6.07) is 15.2. The molecule has 0 saturated heterocycles. The number of thioether (sulfide) groups is 1. The first-order valence-electron chi connectivity index (χ1n) is 6.30. The number of halogens is 1. The highest BCUT2D eigenvalue weighted by Crippen LogP contribution is 2.28. The summed E-state index contributed by atoms with van der Waals surface area (Å²) in [4.78, 5) is 1.35. The van der Waals surface area contributed by atoms with Crippen LogP contribution in [0, 0.1) is 6.92 Å². The second kappa shape index (κ2) is 7.13. The van der Waals surface area contributed by atoms with Crippen LogP contribution in [0.5, 0.6) is 0 Å². The predicted molar refractivity (Wildman–Crippen MR) is 87.6 cm³/mol. The van der Waals surface area contributed by atoms with Gasteiger partial charge in [-0.05, 0) is 43.3 Å². The van der Waals surface area contributed by atoms with E-state index in [0.29, 0.717) is 0 Å². The Morgan fingerprint density at radius 1 is 1.16 bits per heavy atom. The van der Waals surface area contributed by atoms with E-state index in [2.05, 4.69) is 70.6 Å². The molecule has 0 saturated carbocycles. The third kappa shape index (κ3) is 4.37. The average Bonchev–Trinajstić information content (AvgIpc) is 2.38. The Morgan fingerprint density at radius 3 is 2.74 bits per heavy atom. The first-order chi connectivity index (χ1) is 9.19. The molecule has 0 radical (unpaired) electrons. The fourth-order valence-electron chi connectivity index (χ4n) is 1.98. The molecule has 0 unspecified atom stereocenters. The molecule has 19 heavy (non-hydrogen) atoms. The molecule has 0 fully saturated rings. The van der Waals surface area contributed by atoms with Crippen molar-refractivity contribution in [2.45, 2.75) is 24.1 Å². The lowest BCUT2D eigenvalue weighted by Crippen LogP contribution is -2.06. The van der Waals surface area contributed by atoms with Gasteiger partial charge in [0.05, 0.1) is 0 Å². The molecule has 100 valence electrons. The summed E-state index contributed by atoms with van der Waals surface area (Å²) >= 11 is 5.43. The van der Waals surface area contributed by atoms with Crippen molar-refractivity contribution in [3.8, 4) is 0 Å². The van der Waals surface area contributed by atoms with Crippen LogP contribution < -0.4 is 5.32 Å². The van der Waals surface area contributed by atoms with Gasteiger partial charge in [-0.3, -0.25) is 0 Å². The zero-order chi connectivity index (χ0) is 13.7. The molecule has 0 atom stereocenters. The van der Waals surface area contributed by atoms with Crippen LogP contribution in [-0.2, 0) is 12.3 Å². The van der Waals surface area contributed by atoms with Gasteiger partial charge in [-0.2, -0.15) is 0 Å². The lowest BCUT2D eigenvalue weighted by molar-refractivity contribution is 0.802. The molecule has 0 aliphatic rings. The van der Waals surface area contributed by atoms with E-state index < -0.39 is 0 Å². The Labute approximate surface area is 127 Å². The molecule has 2 rings (SSSR count).